The molecule has 3 aromatic rings. The largest absolute Gasteiger partial charge is 0.372 e. The maximum Gasteiger partial charge on any atom is 0.123 e. The molecule has 1 atom stereocenters. The van der Waals surface area contributed by atoms with Crippen molar-refractivity contribution in [2.24, 2.45) is 0 Å². The van der Waals surface area contributed by atoms with Crippen molar-refractivity contribution >= 4 is 27.2 Å². The van der Waals surface area contributed by atoms with E-state index >= 15 is 0 Å². The zero-order chi connectivity index (χ0) is 17.5. The van der Waals surface area contributed by atoms with Crippen molar-refractivity contribution in [2.75, 3.05) is 31.6 Å². The number of fused-ring (bicyclic) bond motifs is 2. The number of hydrogen-bond acceptors (Lipinski definition) is 4. The van der Waals surface area contributed by atoms with Crippen LogP contribution in [0.1, 0.15) is 41.9 Å². The first-order valence-electron chi connectivity index (χ1n) is 9.67. The molecular formula is C22H25N3S. The topological polar surface area (TPSA) is 19.4 Å². The highest BCUT2D eigenvalue weighted by Crippen LogP contribution is 2.36. The lowest BCUT2D eigenvalue weighted by atomic mass is 9.85. The van der Waals surface area contributed by atoms with Gasteiger partial charge in [0.05, 0.1) is 0 Å². The molecule has 2 aromatic heterocycles. The molecule has 1 saturated heterocycles. The third-order valence-electron chi connectivity index (χ3n) is 5.89. The van der Waals surface area contributed by atoms with Crippen molar-refractivity contribution in [3.05, 3.63) is 58.6 Å². The first-order valence-corrected chi connectivity index (χ1v) is 10.6. The minimum Gasteiger partial charge on any atom is -0.372 e. The van der Waals surface area contributed by atoms with Crippen LogP contribution in [0, 0.1) is 0 Å². The molecule has 0 N–H and O–H groups in total. The fourth-order valence-corrected chi connectivity index (χ4v) is 5.25. The van der Waals surface area contributed by atoms with Crippen molar-refractivity contribution in [3.8, 4) is 0 Å². The van der Waals surface area contributed by atoms with Gasteiger partial charge in [-0.25, -0.2) is 4.98 Å². The van der Waals surface area contributed by atoms with Crippen molar-refractivity contribution in [1.29, 1.82) is 0 Å². The van der Waals surface area contributed by atoms with Crippen molar-refractivity contribution in [1.82, 2.24) is 9.88 Å². The normalized spacial score (nSPS) is 21.1. The van der Waals surface area contributed by atoms with E-state index in [1.54, 1.807) is 11.3 Å². The summed E-state index contributed by atoms with van der Waals surface area (Å²) >= 11 is 1.72. The molecule has 1 fully saturated rings. The van der Waals surface area contributed by atoms with Crippen molar-refractivity contribution in [3.63, 3.8) is 0 Å². The van der Waals surface area contributed by atoms with Gasteiger partial charge in [-0.3, -0.25) is 0 Å². The molecule has 4 heterocycles. The summed E-state index contributed by atoms with van der Waals surface area (Å²) in [5.74, 6) is 0.413. The fourth-order valence-electron chi connectivity index (χ4n) is 4.53. The molecule has 0 bridgehead atoms. The molecular weight excluding hydrogens is 338 g/mol. The molecule has 1 unspecified atom stereocenters. The standard InChI is InChI=1S/C22H25N3S/c1-24-14-18-12-19(25-8-3-2-4-9-25)5-6-20(18)21(15-24)17-11-16-7-10-26-22(16)23-13-17/h5-7,10-13,21H,2-4,8-9,14-15H2,1H3. The second-order valence-electron chi connectivity index (χ2n) is 7.76. The van der Waals surface area contributed by atoms with Gasteiger partial charge in [-0.2, -0.15) is 0 Å². The third-order valence-corrected chi connectivity index (χ3v) is 6.72. The van der Waals surface area contributed by atoms with Crippen molar-refractivity contribution in [2.45, 2.75) is 31.7 Å². The summed E-state index contributed by atoms with van der Waals surface area (Å²) in [5, 5.41) is 3.40. The maximum atomic E-state index is 4.70. The number of nitrogens with zero attached hydrogens (tertiary/aromatic N) is 3. The Morgan fingerprint density at radius 2 is 1.96 bits per heavy atom. The first kappa shape index (κ1) is 16.3. The SMILES string of the molecule is CN1Cc2cc(N3CCCCC3)ccc2C(c2cnc3sccc3c2)C1. The first-order chi connectivity index (χ1) is 12.8. The van der Waals surface area contributed by atoms with Crippen LogP contribution in [-0.2, 0) is 6.54 Å². The van der Waals surface area contributed by atoms with E-state index < -0.39 is 0 Å². The fraction of sp³-hybridized carbons (Fsp3) is 0.409. The van der Waals surface area contributed by atoms with Gasteiger partial charge in [0.15, 0.2) is 0 Å². The van der Waals surface area contributed by atoms with E-state index in [1.165, 1.54) is 60.1 Å². The zero-order valence-corrected chi connectivity index (χ0v) is 16.1. The Labute approximate surface area is 159 Å². The highest BCUT2D eigenvalue weighted by atomic mass is 32.1. The Hall–Kier alpha value is -1.91. The van der Waals surface area contributed by atoms with E-state index in [1.807, 2.05) is 0 Å². The summed E-state index contributed by atoms with van der Waals surface area (Å²) in [6.45, 7) is 4.52. The Kier molecular flexibility index (Phi) is 4.18. The number of benzene rings is 1. The van der Waals surface area contributed by atoms with Crippen LogP contribution in [0.15, 0.2) is 41.9 Å². The monoisotopic (exact) mass is 363 g/mol. The van der Waals surface area contributed by atoms with Crippen LogP contribution in [-0.4, -0.2) is 36.6 Å². The van der Waals surface area contributed by atoms with Crippen molar-refractivity contribution < 1.29 is 0 Å². The number of thiophene rings is 1. The minimum absolute atomic E-state index is 0.413. The van der Waals surface area contributed by atoms with Crippen LogP contribution in [0.2, 0.25) is 0 Å². The molecule has 0 amide bonds. The second kappa shape index (κ2) is 6.67. The number of anilines is 1. The number of likely N-dealkylation sites (N-methyl/N-ethyl adjacent to an activating group) is 1. The molecule has 4 heteroatoms. The molecule has 2 aliphatic rings. The molecule has 3 nitrogen and oxygen atoms in total. The Morgan fingerprint density at radius 1 is 1.08 bits per heavy atom. The Morgan fingerprint density at radius 3 is 2.85 bits per heavy atom. The maximum absolute atomic E-state index is 4.70. The highest BCUT2D eigenvalue weighted by Gasteiger charge is 2.26. The van der Waals surface area contributed by atoms with Gasteiger partial charge in [0.2, 0.25) is 0 Å². The lowest BCUT2D eigenvalue weighted by Gasteiger charge is -2.35. The van der Waals surface area contributed by atoms with Gasteiger partial charge in [-0.15, -0.1) is 11.3 Å². The van der Waals surface area contributed by atoms with Gasteiger partial charge < -0.3 is 9.80 Å². The highest BCUT2D eigenvalue weighted by molar-refractivity contribution is 7.16. The zero-order valence-electron chi connectivity index (χ0n) is 15.3. The molecule has 0 aliphatic carbocycles. The van der Waals surface area contributed by atoms with Gasteiger partial charge in [-0.05, 0) is 72.6 Å². The van der Waals surface area contributed by atoms with Gasteiger partial charge in [0.25, 0.3) is 0 Å². The number of aromatic nitrogens is 1. The summed E-state index contributed by atoms with van der Waals surface area (Å²) < 4.78 is 0. The summed E-state index contributed by atoms with van der Waals surface area (Å²) in [6.07, 6.45) is 6.12. The van der Waals surface area contributed by atoms with E-state index in [4.69, 9.17) is 4.98 Å². The van der Waals surface area contributed by atoms with Crippen LogP contribution in [0.3, 0.4) is 0 Å². The van der Waals surface area contributed by atoms with Crippen LogP contribution < -0.4 is 4.90 Å². The third kappa shape index (κ3) is 2.91. The Balaban J connectivity index is 1.52. The molecule has 1 aromatic carbocycles. The molecule has 134 valence electrons. The molecule has 0 spiro atoms. The molecule has 0 saturated carbocycles. The van der Waals surface area contributed by atoms with E-state index in [0.717, 1.165) is 17.9 Å². The number of rotatable bonds is 2. The average Bonchev–Trinajstić information content (AvgIpc) is 3.15. The summed E-state index contributed by atoms with van der Waals surface area (Å²) in [6, 6.07) is 11.7. The summed E-state index contributed by atoms with van der Waals surface area (Å²) in [5.41, 5.74) is 5.72. The summed E-state index contributed by atoms with van der Waals surface area (Å²) in [7, 11) is 2.24. The summed E-state index contributed by atoms with van der Waals surface area (Å²) in [4.78, 5) is 10.8. The average molecular weight is 364 g/mol. The van der Waals surface area contributed by atoms with Gasteiger partial charge in [0, 0.05) is 49.4 Å². The minimum atomic E-state index is 0.413. The van der Waals surface area contributed by atoms with E-state index in [9.17, 15) is 0 Å². The lowest BCUT2D eigenvalue weighted by molar-refractivity contribution is 0.295. The lowest BCUT2D eigenvalue weighted by Crippen LogP contribution is -2.32. The van der Waals surface area contributed by atoms with Crippen LogP contribution >= 0.6 is 11.3 Å². The quantitative estimate of drug-likeness (QED) is 0.648. The predicted molar refractivity (Wildman–Crippen MR) is 110 cm³/mol. The van der Waals surface area contributed by atoms with Crippen LogP contribution in [0.5, 0.6) is 0 Å². The molecule has 26 heavy (non-hydrogen) atoms. The number of hydrogen-bond donors (Lipinski definition) is 0. The van der Waals surface area contributed by atoms with Gasteiger partial charge in [-0.1, -0.05) is 6.07 Å². The van der Waals surface area contributed by atoms with Crippen LogP contribution in [0.4, 0.5) is 5.69 Å². The van der Waals surface area contributed by atoms with E-state index in [0.29, 0.717) is 5.92 Å². The smallest absolute Gasteiger partial charge is 0.123 e. The van der Waals surface area contributed by atoms with Crippen LogP contribution in [0.25, 0.3) is 10.2 Å². The Bertz CT molecular complexity index is 926. The molecule has 2 aliphatic heterocycles. The van der Waals surface area contributed by atoms with E-state index in [-0.39, 0.29) is 0 Å². The van der Waals surface area contributed by atoms with Gasteiger partial charge in [0.1, 0.15) is 4.83 Å². The van der Waals surface area contributed by atoms with E-state index in [2.05, 4.69) is 58.8 Å². The molecule has 0 radical (unpaired) electrons. The van der Waals surface area contributed by atoms with Gasteiger partial charge >= 0.3 is 0 Å². The second-order valence-corrected chi connectivity index (χ2v) is 8.66. The number of piperidine rings is 1. The molecule has 5 rings (SSSR count). The number of pyridine rings is 1. The predicted octanol–water partition coefficient (Wildman–Crippen LogP) is 4.86.